The first kappa shape index (κ1) is 17.2. The summed E-state index contributed by atoms with van der Waals surface area (Å²) in [6.07, 6.45) is 10.3. The van der Waals surface area contributed by atoms with Gasteiger partial charge >= 0.3 is 0 Å². The Morgan fingerprint density at radius 2 is 1.50 bits per heavy atom. The number of carbonyl (C=O) groups excluding carboxylic acids is 1. The van der Waals surface area contributed by atoms with E-state index >= 15 is 0 Å². The van der Waals surface area contributed by atoms with Gasteiger partial charge in [-0.15, -0.1) is 0 Å². The maximum atomic E-state index is 11.9. The van der Waals surface area contributed by atoms with Crippen LogP contribution in [0.25, 0.3) is 0 Å². The fourth-order valence-corrected chi connectivity index (χ4v) is 1.86. The van der Waals surface area contributed by atoms with Gasteiger partial charge in [0.05, 0.1) is 0 Å². The Labute approximate surface area is 114 Å². The largest absolute Gasteiger partial charge is 0.284 e. The number of unbranched alkanes of at least 4 members (excludes halogenated alkanes) is 6. The number of rotatable bonds is 9. The monoisotopic (exact) mass is 250 g/mol. The molecule has 0 fully saturated rings. The molecule has 0 spiro atoms. The molecule has 0 heterocycles. The van der Waals surface area contributed by atoms with Crippen LogP contribution in [0.15, 0.2) is 0 Å². The summed E-state index contributed by atoms with van der Waals surface area (Å²) >= 11 is 0. The smallest absolute Gasteiger partial charge is 0.211 e. The molecule has 0 aliphatic carbocycles. The van der Waals surface area contributed by atoms with Crippen molar-refractivity contribution < 1.29 is 4.79 Å². The van der Waals surface area contributed by atoms with Crippen LogP contribution in [0.4, 0.5) is 0 Å². The second-order valence-corrected chi connectivity index (χ2v) is 5.42. The SMILES string of the molecule is CCCCCCCCC#CC(=O)C(C)(CC)CC. The minimum Gasteiger partial charge on any atom is -0.284 e. The zero-order chi connectivity index (χ0) is 13.9. The summed E-state index contributed by atoms with van der Waals surface area (Å²) in [5.41, 5.74) is -0.228. The van der Waals surface area contributed by atoms with Gasteiger partial charge in [-0.3, -0.25) is 4.79 Å². The highest BCUT2D eigenvalue weighted by Crippen LogP contribution is 2.25. The van der Waals surface area contributed by atoms with Crippen LogP contribution in [-0.4, -0.2) is 5.78 Å². The van der Waals surface area contributed by atoms with Crippen molar-refractivity contribution in [2.45, 2.75) is 85.5 Å². The van der Waals surface area contributed by atoms with Crippen molar-refractivity contribution >= 4 is 5.78 Å². The lowest BCUT2D eigenvalue weighted by atomic mass is 9.80. The van der Waals surface area contributed by atoms with Crippen molar-refractivity contribution in [3.63, 3.8) is 0 Å². The summed E-state index contributed by atoms with van der Waals surface area (Å²) in [5, 5.41) is 0. The Hall–Kier alpha value is -0.770. The molecule has 0 radical (unpaired) electrons. The van der Waals surface area contributed by atoms with E-state index in [0.29, 0.717) is 0 Å². The summed E-state index contributed by atoms with van der Waals surface area (Å²) in [7, 11) is 0. The second-order valence-electron chi connectivity index (χ2n) is 5.42. The van der Waals surface area contributed by atoms with E-state index < -0.39 is 0 Å². The molecule has 0 aliphatic rings. The Bertz CT molecular complexity index is 276. The number of Topliss-reactive ketones (excluding diaryl/α,β-unsaturated/α-hetero) is 1. The van der Waals surface area contributed by atoms with Gasteiger partial charge in [-0.1, -0.05) is 65.7 Å². The van der Waals surface area contributed by atoms with Crippen LogP contribution < -0.4 is 0 Å². The number of carbonyl (C=O) groups is 1. The summed E-state index contributed by atoms with van der Waals surface area (Å²) in [6.45, 7) is 8.39. The molecule has 104 valence electrons. The summed E-state index contributed by atoms with van der Waals surface area (Å²) in [5.74, 6) is 6.01. The minimum absolute atomic E-state index is 0.124. The third-order valence-electron chi connectivity index (χ3n) is 3.97. The molecular formula is C17H30O. The molecule has 0 aliphatic heterocycles. The molecule has 0 unspecified atom stereocenters. The van der Waals surface area contributed by atoms with E-state index in [2.05, 4.69) is 32.6 Å². The zero-order valence-corrected chi connectivity index (χ0v) is 12.8. The lowest BCUT2D eigenvalue weighted by Gasteiger charge is -2.21. The second kappa shape index (κ2) is 10.2. The van der Waals surface area contributed by atoms with Crippen molar-refractivity contribution in [3.8, 4) is 11.8 Å². The van der Waals surface area contributed by atoms with Gasteiger partial charge in [-0.25, -0.2) is 0 Å². The highest BCUT2D eigenvalue weighted by Gasteiger charge is 2.27. The van der Waals surface area contributed by atoms with Crippen LogP contribution in [0.2, 0.25) is 0 Å². The Morgan fingerprint density at radius 1 is 0.944 bits per heavy atom. The first-order valence-corrected chi connectivity index (χ1v) is 7.64. The van der Waals surface area contributed by atoms with Crippen LogP contribution in [0.3, 0.4) is 0 Å². The van der Waals surface area contributed by atoms with Crippen molar-refractivity contribution in [3.05, 3.63) is 0 Å². The quantitative estimate of drug-likeness (QED) is 0.315. The summed E-state index contributed by atoms with van der Waals surface area (Å²) in [6, 6.07) is 0. The Balaban J connectivity index is 3.80. The predicted octanol–water partition coefficient (Wildman–Crippen LogP) is 5.14. The van der Waals surface area contributed by atoms with Crippen molar-refractivity contribution in [2.75, 3.05) is 0 Å². The van der Waals surface area contributed by atoms with Gasteiger partial charge in [0, 0.05) is 11.8 Å². The van der Waals surface area contributed by atoms with E-state index in [4.69, 9.17) is 0 Å². The average Bonchev–Trinajstić information content (AvgIpc) is 2.40. The van der Waals surface area contributed by atoms with E-state index in [1.54, 1.807) is 0 Å². The van der Waals surface area contributed by atoms with Crippen LogP contribution >= 0.6 is 0 Å². The van der Waals surface area contributed by atoms with Crippen molar-refractivity contribution in [1.29, 1.82) is 0 Å². The van der Waals surface area contributed by atoms with E-state index in [1.165, 1.54) is 32.1 Å². The van der Waals surface area contributed by atoms with Gasteiger partial charge in [-0.2, -0.15) is 0 Å². The molecule has 0 atom stereocenters. The third kappa shape index (κ3) is 6.84. The molecule has 0 rings (SSSR count). The van der Waals surface area contributed by atoms with Gasteiger partial charge in [0.2, 0.25) is 5.78 Å². The lowest BCUT2D eigenvalue weighted by Crippen LogP contribution is -2.24. The molecule has 1 heteroatoms. The van der Waals surface area contributed by atoms with Gasteiger partial charge < -0.3 is 0 Å². The molecule has 0 N–H and O–H groups in total. The Morgan fingerprint density at radius 3 is 2.06 bits per heavy atom. The topological polar surface area (TPSA) is 17.1 Å². The maximum absolute atomic E-state index is 11.9. The van der Waals surface area contributed by atoms with Crippen molar-refractivity contribution in [2.24, 2.45) is 5.41 Å². The normalized spacial score (nSPS) is 10.9. The molecule has 0 aromatic carbocycles. The van der Waals surface area contributed by atoms with Crippen molar-refractivity contribution in [1.82, 2.24) is 0 Å². The van der Waals surface area contributed by atoms with Gasteiger partial charge in [0.15, 0.2) is 0 Å². The highest BCUT2D eigenvalue weighted by atomic mass is 16.1. The van der Waals surface area contributed by atoms with Crippen LogP contribution in [-0.2, 0) is 4.79 Å². The molecule has 0 aromatic heterocycles. The number of hydrogen-bond donors (Lipinski definition) is 0. The van der Waals surface area contributed by atoms with E-state index in [1.807, 2.05) is 6.92 Å². The lowest BCUT2D eigenvalue weighted by molar-refractivity contribution is -0.122. The van der Waals surface area contributed by atoms with Gasteiger partial charge in [0.1, 0.15) is 0 Å². The molecule has 1 nitrogen and oxygen atoms in total. The molecule has 18 heavy (non-hydrogen) atoms. The van der Waals surface area contributed by atoms with Gasteiger partial charge in [-0.05, 0) is 25.2 Å². The van der Waals surface area contributed by atoms with Gasteiger partial charge in [0.25, 0.3) is 0 Å². The molecule has 0 amide bonds. The zero-order valence-electron chi connectivity index (χ0n) is 12.8. The number of ketones is 1. The maximum Gasteiger partial charge on any atom is 0.211 e. The Kier molecular flexibility index (Phi) is 9.74. The number of hydrogen-bond acceptors (Lipinski definition) is 1. The standard InChI is InChI=1S/C17H30O/c1-5-8-9-10-11-12-13-14-15-16(18)17(4,6-2)7-3/h5-13H2,1-4H3. The molecule has 0 aromatic rings. The fraction of sp³-hybridized carbons (Fsp3) is 0.824. The fourth-order valence-electron chi connectivity index (χ4n) is 1.86. The first-order chi connectivity index (χ1) is 8.60. The van der Waals surface area contributed by atoms with Crippen LogP contribution in [0.1, 0.15) is 85.5 Å². The molecule has 0 bridgehead atoms. The van der Waals surface area contributed by atoms with E-state index in [9.17, 15) is 4.79 Å². The molecule has 0 saturated carbocycles. The minimum atomic E-state index is -0.228. The summed E-state index contributed by atoms with van der Waals surface area (Å²) < 4.78 is 0. The predicted molar refractivity (Wildman–Crippen MR) is 79.5 cm³/mol. The third-order valence-corrected chi connectivity index (χ3v) is 3.97. The van der Waals surface area contributed by atoms with E-state index in [-0.39, 0.29) is 11.2 Å². The molecule has 0 saturated heterocycles. The van der Waals surface area contributed by atoms with Crippen LogP contribution in [0.5, 0.6) is 0 Å². The average molecular weight is 250 g/mol. The van der Waals surface area contributed by atoms with Crippen LogP contribution in [0, 0.1) is 17.3 Å². The first-order valence-electron chi connectivity index (χ1n) is 7.64. The van der Waals surface area contributed by atoms with E-state index in [0.717, 1.165) is 25.7 Å². The highest BCUT2D eigenvalue weighted by molar-refractivity contribution is 5.99. The molecular weight excluding hydrogens is 220 g/mol. The summed E-state index contributed by atoms with van der Waals surface area (Å²) in [4.78, 5) is 11.9.